The van der Waals surface area contributed by atoms with Crippen LogP contribution in [0.5, 0.6) is 5.75 Å². The van der Waals surface area contributed by atoms with Crippen molar-refractivity contribution in [1.29, 1.82) is 0 Å². The van der Waals surface area contributed by atoms with Gasteiger partial charge in [0, 0.05) is 17.3 Å². The summed E-state index contributed by atoms with van der Waals surface area (Å²) in [6, 6.07) is 6.99. The Morgan fingerprint density at radius 1 is 1.28 bits per heavy atom. The van der Waals surface area contributed by atoms with Crippen LogP contribution in [0.2, 0.25) is 0 Å². The molecule has 2 aromatic rings. The van der Waals surface area contributed by atoms with Crippen molar-refractivity contribution in [2.45, 2.75) is 26.4 Å². The van der Waals surface area contributed by atoms with E-state index in [9.17, 15) is 8.78 Å². The first kappa shape index (κ1) is 11.2. The molecule has 2 heterocycles. The molecule has 94 valence electrons. The third-order valence-corrected chi connectivity index (χ3v) is 2.96. The number of rotatable bonds is 1. The second kappa shape index (κ2) is 3.54. The molecule has 0 saturated carbocycles. The molecule has 0 fully saturated rings. The van der Waals surface area contributed by atoms with Gasteiger partial charge in [-0.25, -0.2) is 4.68 Å². The molecule has 0 spiro atoms. The quantitative estimate of drug-likeness (QED) is 0.778. The highest BCUT2D eigenvalue weighted by Gasteiger charge is 2.39. The predicted molar refractivity (Wildman–Crippen MR) is 62.3 cm³/mol. The van der Waals surface area contributed by atoms with Gasteiger partial charge in [-0.1, -0.05) is 6.07 Å². The maximum atomic E-state index is 13.1. The van der Waals surface area contributed by atoms with E-state index in [1.165, 1.54) is 0 Å². The fraction of sp³-hybridized carbons (Fsp3) is 0.308. The summed E-state index contributed by atoms with van der Waals surface area (Å²) in [5, 5.41) is 4.32. The van der Waals surface area contributed by atoms with E-state index < -0.39 is 6.11 Å². The predicted octanol–water partition coefficient (Wildman–Crippen LogP) is 3.02. The normalized spacial score (nSPS) is 16.4. The lowest BCUT2D eigenvalue weighted by atomic mass is 10.1. The molecule has 1 aromatic heterocycles. The number of halogens is 2. The molecule has 1 aliphatic rings. The van der Waals surface area contributed by atoms with Crippen molar-refractivity contribution in [2.24, 2.45) is 0 Å². The smallest absolute Gasteiger partial charge is 0.402 e. The van der Waals surface area contributed by atoms with Gasteiger partial charge in [-0.15, -0.1) is 0 Å². The van der Waals surface area contributed by atoms with Crippen LogP contribution in [0.15, 0.2) is 24.3 Å². The van der Waals surface area contributed by atoms with Crippen LogP contribution < -0.4 is 4.74 Å². The zero-order chi connectivity index (χ0) is 12.9. The van der Waals surface area contributed by atoms with Crippen LogP contribution in [0.1, 0.15) is 17.0 Å². The van der Waals surface area contributed by atoms with Crippen molar-refractivity contribution >= 4 is 0 Å². The number of fused-ring (bicyclic) bond motifs is 1. The van der Waals surface area contributed by atoms with Crippen LogP contribution in [0, 0.1) is 13.8 Å². The van der Waals surface area contributed by atoms with Crippen LogP contribution in [0.4, 0.5) is 8.78 Å². The van der Waals surface area contributed by atoms with Gasteiger partial charge >= 0.3 is 6.11 Å². The van der Waals surface area contributed by atoms with E-state index in [1.807, 2.05) is 19.9 Å². The Morgan fingerprint density at radius 2 is 2.06 bits per heavy atom. The Hall–Kier alpha value is -1.91. The van der Waals surface area contributed by atoms with Crippen molar-refractivity contribution in [3.8, 4) is 11.4 Å². The summed E-state index contributed by atoms with van der Waals surface area (Å²) in [5.41, 5.74) is 3.11. The van der Waals surface area contributed by atoms with Gasteiger partial charge in [-0.2, -0.15) is 13.9 Å². The summed E-state index contributed by atoms with van der Waals surface area (Å²) in [6.45, 7) is 3.81. The van der Waals surface area contributed by atoms with E-state index in [4.69, 9.17) is 0 Å². The fourth-order valence-corrected chi connectivity index (χ4v) is 2.22. The van der Waals surface area contributed by atoms with Crippen LogP contribution in [-0.4, -0.2) is 15.9 Å². The lowest BCUT2D eigenvalue weighted by molar-refractivity contribution is -0.159. The molecule has 0 amide bonds. The minimum atomic E-state index is -3.09. The molecule has 0 N–H and O–H groups in total. The Bertz CT molecular complexity index is 619. The summed E-state index contributed by atoms with van der Waals surface area (Å²) < 4.78 is 32.6. The van der Waals surface area contributed by atoms with E-state index in [-0.39, 0.29) is 12.2 Å². The molecule has 0 aliphatic carbocycles. The third kappa shape index (κ3) is 1.75. The maximum absolute atomic E-state index is 13.1. The van der Waals surface area contributed by atoms with Crippen molar-refractivity contribution in [1.82, 2.24) is 9.78 Å². The first-order valence-corrected chi connectivity index (χ1v) is 5.68. The molecule has 0 unspecified atom stereocenters. The van der Waals surface area contributed by atoms with Gasteiger partial charge in [-0.3, -0.25) is 0 Å². The van der Waals surface area contributed by atoms with Crippen LogP contribution in [0.25, 0.3) is 5.69 Å². The molecule has 0 radical (unpaired) electrons. The van der Waals surface area contributed by atoms with E-state index >= 15 is 0 Å². The van der Waals surface area contributed by atoms with Gasteiger partial charge < -0.3 is 4.74 Å². The molecule has 3 nitrogen and oxygen atoms in total. The van der Waals surface area contributed by atoms with Crippen molar-refractivity contribution in [2.75, 3.05) is 0 Å². The number of nitrogens with zero attached hydrogens (tertiary/aromatic N) is 2. The topological polar surface area (TPSA) is 27.1 Å². The Labute approximate surface area is 103 Å². The Balaban J connectivity index is 2.05. The summed E-state index contributed by atoms with van der Waals surface area (Å²) in [4.78, 5) is 0. The highest BCUT2D eigenvalue weighted by molar-refractivity contribution is 5.47. The van der Waals surface area contributed by atoms with E-state index in [1.54, 1.807) is 22.9 Å². The summed E-state index contributed by atoms with van der Waals surface area (Å²) in [6.07, 6.45) is -3.45. The number of aromatic nitrogens is 2. The van der Waals surface area contributed by atoms with Gasteiger partial charge in [0.15, 0.2) is 0 Å². The zero-order valence-electron chi connectivity index (χ0n) is 10.1. The van der Waals surface area contributed by atoms with Gasteiger partial charge in [-0.05, 0) is 26.0 Å². The van der Waals surface area contributed by atoms with E-state index in [2.05, 4.69) is 9.84 Å². The lowest BCUT2D eigenvalue weighted by Crippen LogP contribution is -2.20. The number of ether oxygens (including phenoxy) is 1. The van der Waals surface area contributed by atoms with Gasteiger partial charge in [0.1, 0.15) is 5.75 Å². The standard InChI is InChI=1S/C13H12F2N2O/c1-8-5-9(2)17(16-8)11-4-3-10-7-13(14,15)18-12(10)6-11/h3-6H,7H2,1-2H3. The van der Waals surface area contributed by atoms with Gasteiger partial charge in [0.25, 0.3) is 0 Å². The molecule has 3 rings (SSSR count). The van der Waals surface area contributed by atoms with Crippen molar-refractivity contribution < 1.29 is 13.5 Å². The second-order valence-electron chi connectivity index (χ2n) is 4.55. The van der Waals surface area contributed by atoms with Crippen molar-refractivity contribution in [3.63, 3.8) is 0 Å². The first-order valence-electron chi connectivity index (χ1n) is 5.68. The SMILES string of the molecule is Cc1cc(C)n(-c2ccc3c(c2)OC(F)(F)C3)n1. The monoisotopic (exact) mass is 250 g/mol. The minimum absolute atomic E-state index is 0.241. The zero-order valence-corrected chi connectivity index (χ0v) is 10.1. The van der Waals surface area contributed by atoms with Crippen LogP contribution >= 0.6 is 0 Å². The highest BCUT2D eigenvalue weighted by Crippen LogP contribution is 2.38. The lowest BCUT2D eigenvalue weighted by Gasteiger charge is -2.08. The number of benzene rings is 1. The molecule has 5 heteroatoms. The first-order chi connectivity index (χ1) is 8.44. The number of aryl methyl sites for hydroxylation is 2. The fourth-order valence-electron chi connectivity index (χ4n) is 2.22. The van der Waals surface area contributed by atoms with Crippen LogP contribution in [0.3, 0.4) is 0 Å². The largest absolute Gasteiger partial charge is 0.432 e. The van der Waals surface area contributed by atoms with Gasteiger partial charge in [0.05, 0.1) is 17.8 Å². The van der Waals surface area contributed by atoms with E-state index in [0.717, 1.165) is 17.1 Å². The molecular weight excluding hydrogens is 238 g/mol. The maximum Gasteiger partial charge on any atom is 0.402 e. The number of hydrogen-bond acceptors (Lipinski definition) is 2. The molecule has 0 atom stereocenters. The summed E-state index contributed by atoms with van der Waals surface area (Å²) in [7, 11) is 0. The molecule has 18 heavy (non-hydrogen) atoms. The molecule has 1 aromatic carbocycles. The Morgan fingerprint density at radius 3 is 2.72 bits per heavy atom. The summed E-state index contributed by atoms with van der Waals surface area (Å²) in [5.74, 6) is 0.241. The number of hydrogen-bond donors (Lipinski definition) is 0. The van der Waals surface area contributed by atoms with E-state index in [0.29, 0.717) is 5.56 Å². The molecular formula is C13H12F2N2O. The highest BCUT2D eigenvalue weighted by atomic mass is 19.3. The molecule has 1 aliphatic heterocycles. The Kier molecular flexibility index (Phi) is 2.20. The average molecular weight is 250 g/mol. The second-order valence-corrected chi connectivity index (χ2v) is 4.55. The summed E-state index contributed by atoms with van der Waals surface area (Å²) >= 11 is 0. The minimum Gasteiger partial charge on any atom is -0.432 e. The average Bonchev–Trinajstić information content (AvgIpc) is 2.74. The molecule has 0 saturated heterocycles. The van der Waals surface area contributed by atoms with Crippen LogP contribution in [-0.2, 0) is 6.42 Å². The number of alkyl halides is 2. The van der Waals surface area contributed by atoms with Gasteiger partial charge in [0.2, 0.25) is 0 Å². The van der Waals surface area contributed by atoms with Crippen molar-refractivity contribution in [3.05, 3.63) is 41.2 Å². The third-order valence-electron chi connectivity index (χ3n) is 2.96. The molecule has 0 bridgehead atoms.